The van der Waals surface area contributed by atoms with Gasteiger partial charge >= 0.3 is 6.18 Å². The SMILES string of the molecule is CC(C)N(C)C(=O)Cn1ccc(C(=O)C(F)(F)F)c1. The van der Waals surface area contributed by atoms with Crippen LogP contribution in [-0.4, -0.2) is 40.4 Å². The van der Waals surface area contributed by atoms with Crippen LogP contribution < -0.4 is 0 Å². The van der Waals surface area contributed by atoms with Gasteiger partial charge in [-0.2, -0.15) is 13.2 Å². The van der Waals surface area contributed by atoms with Crippen LogP contribution in [0.4, 0.5) is 13.2 Å². The van der Waals surface area contributed by atoms with Crippen molar-refractivity contribution in [3.63, 3.8) is 0 Å². The molecule has 0 aliphatic heterocycles. The van der Waals surface area contributed by atoms with E-state index in [4.69, 9.17) is 0 Å². The van der Waals surface area contributed by atoms with E-state index in [0.29, 0.717) is 0 Å². The summed E-state index contributed by atoms with van der Waals surface area (Å²) in [6.45, 7) is 3.55. The molecule has 0 unspecified atom stereocenters. The minimum atomic E-state index is -4.90. The lowest BCUT2D eigenvalue weighted by Gasteiger charge is -2.21. The Bertz CT molecular complexity index is 478. The molecular weight excluding hydrogens is 261 g/mol. The smallest absolute Gasteiger partial charge is 0.344 e. The number of ketones is 1. The molecule has 0 aliphatic carbocycles. The quantitative estimate of drug-likeness (QED) is 0.790. The lowest BCUT2D eigenvalue weighted by molar-refractivity contribution is -0.131. The minimum absolute atomic E-state index is 0.000611. The maximum absolute atomic E-state index is 12.2. The maximum atomic E-state index is 12.2. The Morgan fingerprint density at radius 2 is 1.95 bits per heavy atom. The van der Waals surface area contributed by atoms with E-state index in [1.165, 1.54) is 15.7 Å². The number of carbonyl (C=O) groups excluding carboxylic acids is 2. The zero-order chi connectivity index (χ0) is 14.8. The Morgan fingerprint density at radius 1 is 1.37 bits per heavy atom. The topological polar surface area (TPSA) is 42.3 Å². The minimum Gasteiger partial charge on any atom is -0.344 e. The fraction of sp³-hybridized carbons (Fsp3) is 0.500. The van der Waals surface area contributed by atoms with Crippen molar-refractivity contribution in [1.29, 1.82) is 0 Å². The number of hydrogen-bond donors (Lipinski definition) is 0. The van der Waals surface area contributed by atoms with Crippen molar-refractivity contribution < 1.29 is 22.8 Å². The van der Waals surface area contributed by atoms with Crippen LogP contribution in [0.1, 0.15) is 24.2 Å². The van der Waals surface area contributed by atoms with Crippen molar-refractivity contribution >= 4 is 11.7 Å². The highest BCUT2D eigenvalue weighted by Gasteiger charge is 2.39. The molecule has 19 heavy (non-hydrogen) atoms. The number of amides is 1. The van der Waals surface area contributed by atoms with E-state index in [0.717, 1.165) is 12.3 Å². The van der Waals surface area contributed by atoms with Gasteiger partial charge in [0, 0.05) is 31.0 Å². The van der Waals surface area contributed by atoms with Crippen LogP contribution in [-0.2, 0) is 11.3 Å². The summed E-state index contributed by atoms with van der Waals surface area (Å²) < 4.78 is 37.9. The average molecular weight is 276 g/mol. The molecule has 106 valence electrons. The molecule has 1 amide bonds. The highest BCUT2D eigenvalue weighted by Crippen LogP contribution is 2.21. The van der Waals surface area contributed by atoms with E-state index in [9.17, 15) is 22.8 Å². The normalized spacial score (nSPS) is 11.7. The molecule has 0 aromatic carbocycles. The third-order valence-electron chi connectivity index (χ3n) is 2.76. The van der Waals surface area contributed by atoms with E-state index in [2.05, 4.69) is 0 Å². The van der Waals surface area contributed by atoms with Crippen LogP contribution in [0, 0.1) is 0 Å². The number of aromatic nitrogens is 1. The van der Waals surface area contributed by atoms with Gasteiger partial charge in [-0.05, 0) is 19.9 Å². The number of rotatable bonds is 4. The van der Waals surface area contributed by atoms with Crippen molar-refractivity contribution in [3.05, 3.63) is 24.0 Å². The maximum Gasteiger partial charge on any atom is 0.454 e. The number of Topliss-reactive ketones (excluding diaryl/α,β-unsaturated/α-hetero) is 1. The van der Waals surface area contributed by atoms with Gasteiger partial charge in [-0.15, -0.1) is 0 Å². The van der Waals surface area contributed by atoms with Gasteiger partial charge in [0.1, 0.15) is 6.54 Å². The van der Waals surface area contributed by atoms with Gasteiger partial charge < -0.3 is 9.47 Å². The van der Waals surface area contributed by atoms with E-state index >= 15 is 0 Å². The summed E-state index contributed by atoms with van der Waals surface area (Å²) >= 11 is 0. The van der Waals surface area contributed by atoms with Gasteiger partial charge in [-0.1, -0.05) is 0 Å². The molecule has 1 aromatic heterocycles. The summed E-state index contributed by atoms with van der Waals surface area (Å²) in [5.74, 6) is -2.15. The van der Waals surface area contributed by atoms with Gasteiger partial charge in [0.2, 0.25) is 5.91 Å². The van der Waals surface area contributed by atoms with Crippen molar-refractivity contribution in [1.82, 2.24) is 9.47 Å². The Kier molecular flexibility index (Phi) is 4.39. The molecule has 1 aromatic rings. The molecule has 0 saturated carbocycles. The Balaban J connectivity index is 2.76. The summed E-state index contributed by atoms with van der Waals surface area (Å²) in [7, 11) is 1.61. The second-order valence-electron chi connectivity index (χ2n) is 4.50. The molecule has 0 spiro atoms. The number of nitrogens with zero attached hydrogens (tertiary/aromatic N) is 2. The zero-order valence-electron chi connectivity index (χ0n) is 10.9. The predicted octanol–water partition coefficient (Wildman–Crippen LogP) is 2.10. The summed E-state index contributed by atoms with van der Waals surface area (Å²) in [4.78, 5) is 24.2. The fourth-order valence-electron chi connectivity index (χ4n) is 1.39. The molecule has 4 nitrogen and oxygen atoms in total. The zero-order valence-corrected chi connectivity index (χ0v) is 10.9. The van der Waals surface area contributed by atoms with Gasteiger partial charge in [-0.25, -0.2) is 0 Å². The number of likely N-dealkylation sites (N-methyl/N-ethyl adjacent to an activating group) is 1. The van der Waals surface area contributed by atoms with E-state index in [1.807, 2.05) is 13.8 Å². The molecule has 0 fully saturated rings. The third kappa shape index (κ3) is 3.84. The first-order chi connectivity index (χ1) is 8.62. The highest BCUT2D eigenvalue weighted by atomic mass is 19.4. The first-order valence-corrected chi connectivity index (χ1v) is 5.66. The molecule has 0 atom stereocenters. The van der Waals surface area contributed by atoms with E-state index < -0.39 is 17.5 Å². The molecule has 0 bridgehead atoms. The standard InChI is InChI=1S/C12H15F3N2O2/c1-8(2)16(3)10(18)7-17-5-4-9(6-17)11(19)12(13,14)15/h4-6,8H,7H2,1-3H3. The summed E-state index contributed by atoms with van der Waals surface area (Å²) in [5, 5.41) is 0. The first-order valence-electron chi connectivity index (χ1n) is 5.66. The monoisotopic (exact) mass is 276 g/mol. The fourth-order valence-corrected chi connectivity index (χ4v) is 1.39. The van der Waals surface area contributed by atoms with E-state index in [1.54, 1.807) is 7.05 Å². The van der Waals surface area contributed by atoms with Gasteiger partial charge in [-0.3, -0.25) is 9.59 Å². The molecule has 0 radical (unpaired) electrons. The number of alkyl halides is 3. The third-order valence-corrected chi connectivity index (χ3v) is 2.76. The van der Waals surface area contributed by atoms with Crippen molar-refractivity contribution in [3.8, 4) is 0 Å². The van der Waals surface area contributed by atoms with Gasteiger partial charge in [0.05, 0.1) is 0 Å². The molecule has 0 N–H and O–H groups in total. The average Bonchev–Trinajstić information content (AvgIpc) is 2.73. The second kappa shape index (κ2) is 5.46. The lowest BCUT2D eigenvalue weighted by Crippen LogP contribution is -2.35. The largest absolute Gasteiger partial charge is 0.454 e. The number of carbonyl (C=O) groups is 2. The highest BCUT2D eigenvalue weighted by molar-refractivity contribution is 6.00. The van der Waals surface area contributed by atoms with Gasteiger partial charge in [0.15, 0.2) is 0 Å². The Morgan fingerprint density at radius 3 is 2.42 bits per heavy atom. The Labute approximate surface area is 108 Å². The molecule has 7 heteroatoms. The molecular formula is C12H15F3N2O2. The molecule has 0 saturated heterocycles. The summed E-state index contributed by atoms with van der Waals surface area (Å²) in [6, 6.07) is 1.05. The predicted molar refractivity (Wildman–Crippen MR) is 62.7 cm³/mol. The van der Waals surface area contributed by atoms with Crippen LogP contribution in [0.15, 0.2) is 18.5 Å². The first kappa shape index (κ1) is 15.3. The second-order valence-corrected chi connectivity index (χ2v) is 4.50. The van der Waals surface area contributed by atoms with Crippen molar-refractivity contribution in [2.45, 2.75) is 32.6 Å². The van der Waals surface area contributed by atoms with Gasteiger partial charge in [0.25, 0.3) is 5.78 Å². The Hall–Kier alpha value is -1.79. The molecule has 0 aliphatic rings. The van der Waals surface area contributed by atoms with Crippen LogP contribution in [0.2, 0.25) is 0 Å². The van der Waals surface area contributed by atoms with Crippen LogP contribution >= 0.6 is 0 Å². The molecule has 1 heterocycles. The van der Waals surface area contributed by atoms with Crippen LogP contribution in [0.5, 0.6) is 0 Å². The van der Waals surface area contributed by atoms with Crippen molar-refractivity contribution in [2.24, 2.45) is 0 Å². The van der Waals surface area contributed by atoms with Crippen LogP contribution in [0.25, 0.3) is 0 Å². The van der Waals surface area contributed by atoms with Crippen LogP contribution in [0.3, 0.4) is 0 Å². The van der Waals surface area contributed by atoms with Crippen molar-refractivity contribution in [2.75, 3.05) is 7.05 Å². The van der Waals surface area contributed by atoms with E-state index in [-0.39, 0.29) is 18.5 Å². The number of hydrogen-bond acceptors (Lipinski definition) is 2. The summed E-state index contributed by atoms with van der Waals surface area (Å²) in [6.07, 6.45) is -2.59. The molecule has 1 rings (SSSR count). The lowest BCUT2D eigenvalue weighted by atomic mass is 10.2. The number of halogens is 3. The summed E-state index contributed by atoms with van der Waals surface area (Å²) in [5.41, 5.74) is -0.465.